The number of nitrogens with zero attached hydrogens (tertiary/aromatic N) is 4. The number of thiazole rings is 1. The summed E-state index contributed by atoms with van der Waals surface area (Å²) < 4.78 is 24.2. The number of allylic oxidation sites excluding steroid dienone is 1. The predicted molar refractivity (Wildman–Crippen MR) is 175 cm³/mol. The summed E-state index contributed by atoms with van der Waals surface area (Å²) in [5, 5.41) is 22.9. The van der Waals surface area contributed by atoms with Crippen molar-refractivity contribution in [3.63, 3.8) is 0 Å². The number of aromatic nitrogens is 1. The Morgan fingerprint density at radius 2 is 1.73 bits per heavy atom. The third kappa shape index (κ3) is 6.53. The van der Waals surface area contributed by atoms with Crippen LogP contribution in [0.15, 0.2) is 81.7 Å². The molecule has 0 fully saturated rings. The predicted octanol–water partition coefficient (Wildman–Crippen LogP) is 5.20. The lowest BCUT2D eigenvalue weighted by atomic mass is 9.93. The number of rotatable bonds is 12. The van der Waals surface area contributed by atoms with Crippen LogP contribution in [0.3, 0.4) is 0 Å². The van der Waals surface area contributed by atoms with E-state index in [1.165, 1.54) is 18.8 Å². The lowest BCUT2D eigenvalue weighted by Gasteiger charge is -2.27. The molecule has 248 valence electrons. The average molecular weight is 675 g/mol. The molecule has 2 heterocycles. The number of hydrogen-bond donors (Lipinski definition) is 0. The lowest BCUT2D eigenvalue weighted by molar-refractivity contribution is -0.394. The number of fused-ring (bicyclic) bond motifs is 1. The average Bonchev–Trinajstić information content (AvgIpc) is 3.38. The molecule has 3 aromatic carbocycles. The zero-order valence-corrected chi connectivity index (χ0v) is 27.1. The lowest BCUT2D eigenvalue weighted by Crippen LogP contribution is -2.40. The Kier molecular flexibility index (Phi) is 9.99. The highest BCUT2D eigenvalue weighted by molar-refractivity contribution is 7.07. The maximum atomic E-state index is 14.3. The fourth-order valence-electron chi connectivity index (χ4n) is 5.27. The van der Waals surface area contributed by atoms with Crippen molar-refractivity contribution in [2.24, 2.45) is 4.99 Å². The van der Waals surface area contributed by atoms with E-state index in [0.29, 0.717) is 46.0 Å². The summed E-state index contributed by atoms with van der Waals surface area (Å²) in [7, 11) is 2.99. The van der Waals surface area contributed by atoms with Gasteiger partial charge in [0.2, 0.25) is 5.75 Å². The number of hydrogen-bond acceptors (Lipinski definition) is 12. The number of non-ortho nitro benzene ring substituents is 1. The molecule has 0 saturated heterocycles. The summed E-state index contributed by atoms with van der Waals surface area (Å²) in [4.78, 5) is 54.4. The van der Waals surface area contributed by atoms with Gasteiger partial charge in [0.25, 0.3) is 11.2 Å². The molecule has 1 aliphatic rings. The fourth-order valence-corrected chi connectivity index (χ4v) is 6.28. The van der Waals surface area contributed by atoms with Crippen molar-refractivity contribution in [3.8, 4) is 23.0 Å². The molecule has 5 rings (SSSR count). The molecule has 1 atom stereocenters. The molecular weight excluding hydrogens is 644 g/mol. The number of carbonyl (C=O) groups is 1. The number of carbonyl (C=O) groups excluding carboxylic acids is 1. The molecule has 0 N–H and O–H groups in total. The normalized spacial score (nSPS) is 14.2. The number of para-hydroxylation sites is 1. The first kappa shape index (κ1) is 33.5. The Morgan fingerprint density at radius 3 is 2.40 bits per heavy atom. The summed E-state index contributed by atoms with van der Waals surface area (Å²) in [5.41, 5.74) is 0.0406. The molecule has 1 aliphatic heterocycles. The van der Waals surface area contributed by atoms with Gasteiger partial charge in [-0.05, 0) is 49.8 Å². The van der Waals surface area contributed by atoms with Gasteiger partial charge in [0.1, 0.15) is 23.3 Å². The summed E-state index contributed by atoms with van der Waals surface area (Å²) >= 11 is 1.09. The van der Waals surface area contributed by atoms with Crippen LogP contribution in [0.1, 0.15) is 43.9 Å². The van der Waals surface area contributed by atoms with E-state index in [0.717, 1.165) is 29.5 Å². The van der Waals surface area contributed by atoms with Gasteiger partial charge in [-0.1, -0.05) is 42.9 Å². The van der Waals surface area contributed by atoms with Gasteiger partial charge in [0.05, 0.1) is 52.5 Å². The third-order valence-electron chi connectivity index (χ3n) is 7.40. The maximum absolute atomic E-state index is 14.3. The van der Waals surface area contributed by atoms with Crippen LogP contribution in [0.2, 0.25) is 0 Å². The monoisotopic (exact) mass is 674 g/mol. The largest absolute Gasteiger partial charge is 0.497 e. The van der Waals surface area contributed by atoms with Crippen LogP contribution in [0.25, 0.3) is 6.08 Å². The van der Waals surface area contributed by atoms with Crippen LogP contribution in [0.5, 0.6) is 23.0 Å². The minimum absolute atomic E-state index is 0.109. The molecule has 0 radical (unpaired) electrons. The zero-order valence-electron chi connectivity index (χ0n) is 26.3. The van der Waals surface area contributed by atoms with E-state index in [4.69, 9.17) is 23.9 Å². The first-order valence-electron chi connectivity index (χ1n) is 14.7. The highest BCUT2D eigenvalue weighted by Crippen LogP contribution is 2.39. The Labute approximate surface area is 277 Å². The van der Waals surface area contributed by atoms with E-state index in [1.807, 2.05) is 6.92 Å². The molecule has 0 spiro atoms. The van der Waals surface area contributed by atoms with Gasteiger partial charge in [-0.3, -0.25) is 29.6 Å². The van der Waals surface area contributed by atoms with Crippen LogP contribution in [0.4, 0.5) is 11.4 Å². The second-order valence-electron chi connectivity index (χ2n) is 10.3. The van der Waals surface area contributed by atoms with E-state index in [9.17, 15) is 29.8 Å². The molecule has 15 heteroatoms. The van der Waals surface area contributed by atoms with E-state index in [1.54, 1.807) is 55.5 Å². The third-order valence-corrected chi connectivity index (χ3v) is 8.38. The van der Waals surface area contributed by atoms with Crippen molar-refractivity contribution < 1.29 is 33.6 Å². The Morgan fingerprint density at radius 1 is 0.979 bits per heavy atom. The number of benzene rings is 3. The minimum atomic E-state index is -0.969. The highest BCUT2D eigenvalue weighted by atomic mass is 32.1. The van der Waals surface area contributed by atoms with Crippen LogP contribution >= 0.6 is 11.3 Å². The molecule has 48 heavy (non-hydrogen) atoms. The van der Waals surface area contributed by atoms with Crippen molar-refractivity contribution in [2.45, 2.75) is 32.7 Å². The van der Waals surface area contributed by atoms with Gasteiger partial charge in [0, 0.05) is 17.2 Å². The molecule has 1 aromatic heterocycles. The van der Waals surface area contributed by atoms with Crippen LogP contribution in [-0.2, 0) is 9.53 Å². The zero-order chi connectivity index (χ0) is 34.5. The highest BCUT2D eigenvalue weighted by Gasteiger charge is 2.36. The van der Waals surface area contributed by atoms with Gasteiger partial charge in [-0.25, -0.2) is 9.79 Å². The molecule has 4 aromatic rings. The number of nitro benzene ring substituents is 2. The van der Waals surface area contributed by atoms with Crippen LogP contribution < -0.4 is 29.1 Å². The van der Waals surface area contributed by atoms with Gasteiger partial charge < -0.3 is 18.9 Å². The molecular formula is C33H30N4O10S. The Hall–Kier alpha value is -5.83. The van der Waals surface area contributed by atoms with Crippen molar-refractivity contribution in [1.82, 2.24) is 4.57 Å². The van der Waals surface area contributed by atoms with Gasteiger partial charge in [-0.2, -0.15) is 0 Å². The number of nitro groups is 2. The van der Waals surface area contributed by atoms with E-state index in [2.05, 4.69) is 0 Å². The summed E-state index contributed by atoms with van der Waals surface area (Å²) in [6.45, 7) is 3.75. The van der Waals surface area contributed by atoms with E-state index < -0.39 is 38.8 Å². The van der Waals surface area contributed by atoms with E-state index in [-0.39, 0.29) is 28.2 Å². The second kappa shape index (κ2) is 14.3. The summed E-state index contributed by atoms with van der Waals surface area (Å²) in [6.07, 6.45) is 2.66. The van der Waals surface area contributed by atoms with Crippen molar-refractivity contribution >= 4 is 34.8 Å². The minimum Gasteiger partial charge on any atom is -0.497 e. The van der Waals surface area contributed by atoms with E-state index >= 15 is 0 Å². The molecule has 0 saturated carbocycles. The standard InChI is InChI=1S/C33H30N4O10S/c1-5-9-23-29(32(39)46-6-2)30(22-18-21(44-3)13-15-26(22)45-4)35-31(38)28(48-33(35)34-23)16-19-10-7-8-11-25(19)47-27-14-12-20(36(40)41)17-24(27)37(42)43/h7-8,10-18,30H,5-6,9H2,1-4H3/b28-16+/t30-/m0/s1. The molecule has 0 unspecified atom stereocenters. The quantitative estimate of drug-likeness (QED) is 0.110. The van der Waals surface area contributed by atoms with Crippen molar-refractivity contribution in [2.75, 3.05) is 20.8 Å². The van der Waals surface area contributed by atoms with Crippen molar-refractivity contribution in [1.29, 1.82) is 0 Å². The van der Waals surface area contributed by atoms with Crippen LogP contribution in [0, 0.1) is 20.2 Å². The SMILES string of the molecule is CCCC1=C(C(=O)OCC)[C@H](c2cc(OC)ccc2OC)n2c(s/c(=C/c3ccccc3Oc3ccc([N+](=O)[O-])cc3[N+](=O)[O-])c2=O)=N1. The Balaban J connectivity index is 1.72. The molecule has 0 bridgehead atoms. The maximum Gasteiger partial charge on any atom is 0.338 e. The topological polar surface area (TPSA) is 175 Å². The summed E-state index contributed by atoms with van der Waals surface area (Å²) in [6, 6.07) is 13.7. The second-order valence-corrected chi connectivity index (χ2v) is 11.3. The molecule has 14 nitrogen and oxygen atoms in total. The fraction of sp³-hybridized carbons (Fsp3) is 0.242. The first-order valence-corrected chi connectivity index (χ1v) is 15.6. The number of ether oxygens (including phenoxy) is 4. The smallest absolute Gasteiger partial charge is 0.338 e. The number of esters is 1. The molecule has 0 amide bonds. The van der Waals surface area contributed by atoms with Gasteiger partial charge in [0.15, 0.2) is 4.80 Å². The van der Waals surface area contributed by atoms with Crippen LogP contribution in [-0.4, -0.2) is 41.2 Å². The number of methoxy groups -OCH3 is 2. The van der Waals surface area contributed by atoms with Crippen molar-refractivity contribution in [3.05, 3.63) is 123 Å². The summed E-state index contributed by atoms with van der Waals surface area (Å²) in [5.74, 6) is 0.221. The Bertz CT molecular complexity index is 2140. The first-order chi connectivity index (χ1) is 23.1. The van der Waals surface area contributed by atoms with Gasteiger partial charge >= 0.3 is 11.7 Å². The van der Waals surface area contributed by atoms with Gasteiger partial charge in [-0.15, -0.1) is 0 Å². The molecule has 0 aliphatic carbocycles.